The molecule has 3 N–H and O–H groups in total. The summed E-state index contributed by atoms with van der Waals surface area (Å²) in [5.41, 5.74) is 7.53. The fourth-order valence-electron chi connectivity index (χ4n) is 1.78. The molecule has 0 saturated heterocycles. The number of nitrogen functional groups attached to an aromatic ring is 1. The summed E-state index contributed by atoms with van der Waals surface area (Å²) in [7, 11) is 0. The van der Waals surface area contributed by atoms with Gasteiger partial charge in [-0.15, -0.1) is 0 Å². The van der Waals surface area contributed by atoms with Crippen molar-refractivity contribution in [2.45, 2.75) is 12.8 Å². The molecule has 2 aromatic carbocycles. The molecule has 0 aliphatic carbocycles. The van der Waals surface area contributed by atoms with Crippen LogP contribution in [0.5, 0.6) is 0 Å². The second-order valence-corrected chi connectivity index (χ2v) is 4.27. The number of aryl methyl sites for hydroxylation is 1. The second kappa shape index (κ2) is 6.00. The van der Waals surface area contributed by atoms with Gasteiger partial charge in [0.25, 0.3) is 0 Å². The van der Waals surface area contributed by atoms with E-state index in [0.717, 1.165) is 5.56 Å². The third kappa shape index (κ3) is 3.81. The number of benzene rings is 2. The molecule has 0 saturated carbocycles. The van der Waals surface area contributed by atoms with Gasteiger partial charge in [0.2, 0.25) is 5.91 Å². The molecule has 0 fully saturated rings. The number of nitrogens with one attached hydrogen (secondary N) is 1. The molecule has 2 rings (SSSR count). The van der Waals surface area contributed by atoms with Crippen LogP contribution in [0.4, 0.5) is 15.8 Å². The molecule has 0 aliphatic heterocycles. The minimum absolute atomic E-state index is 0.208. The third-order valence-corrected chi connectivity index (χ3v) is 2.74. The number of carbonyl (C=O) groups is 1. The summed E-state index contributed by atoms with van der Waals surface area (Å²) >= 11 is 0. The van der Waals surface area contributed by atoms with Gasteiger partial charge in [0.1, 0.15) is 5.82 Å². The van der Waals surface area contributed by atoms with E-state index < -0.39 is 5.82 Å². The van der Waals surface area contributed by atoms with E-state index in [4.69, 9.17) is 5.73 Å². The zero-order chi connectivity index (χ0) is 13.7. The van der Waals surface area contributed by atoms with Gasteiger partial charge < -0.3 is 11.1 Å². The van der Waals surface area contributed by atoms with Crippen LogP contribution in [0.1, 0.15) is 12.0 Å². The van der Waals surface area contributed by atoms with Gasteiger partial charge in [0, 0.05) is 12.1 Å². The average molecular weight is 258 g/mol. The third-order valence-electron chi connectivity index (χ3n) is 2.74. The van der Waals surface area contributed by atoms with Gasteiger partial charge in [0.05, 0.1) is 5.69 Å². The summed E-state index contributed by atoms with van der Waals surface area (Å²) in [6.45, 7) is 0. The van der Waals surface area contributed by atoms with Crippen LogP contribution < -0.4 is 11.1 Å². The van der Waals surface area contributed by atoms with Crippen LogP contribution in [0.15, 0.2) is 48.5 Å². The van der Waals surface area contributed by atoms with E-state index in [9.17, 15) is 9.18 Å². The predicted molar refractivity (Wildman–Crippen MR) is 74.2 cm³/mol. The fraction of sp³-hybridized carbons (Fsp3) is 0.133. The van der Waals surface area contributed by atoms with Crippen molar-refractivity contribution in [1.29, 1.82) is 0 Å². The first-order valence-corrected chi connectivity index (χ1v) is 6.04. The first-order chi connectivity index (χ1) is 9.15. The quantitative estimate of drug-likeness (QED) is 0.828. The zero-order valence-corrected chi connectivity index (χ0v) is 10.4. The molecular formula is C15H15FN2O. The van der Waals surface area contributed by atoms with Crippen LogP contribution >= 0.6 is 0 Å². The number of amides is 1. The van der Waals surface area contributed by atoms with E-state index in [0.29, 0.717) is 12.1 Å². The second-order valence-electron chi connectivity index (χ2n) is 4.27. The molecule has 0 bridgehead atoms. The van der Waals surface area contributed by atoms with Gasteiger partial charge in [-0.1, -0.05) is 24.3 Å². The Morgan fingerprint density at radius 3 is 2.68 bits per heavy atom. The van der Waals surface area contributed by atoms with Crippen LogP contribution in [0, 0.1) is 5.82 Å². The van der Waals surface area contributed by atoms with Crippen molar-refractivity contribution in [2.24, 2.45) is 0 Å². The standard InChI is InChI=1S/C15H15FN2O/c16-13-6-1-2-7-14(13)18-15(19)9-8-11-4-3-5-12(17)10-11/h1-7,10H,8-9,17H2,(H,18,19). The average Bonchev–Trinajstić information content (AvgIpc) is 2.39. The molecule has 0 aromatic heterocycles. The van der Waals surface area contributed by atoms with Gasteiger partial charge in [0.15, 0.2) is 0 Å². The normalized spacial score (nSPS) is 10.2. The largest absolute Gasteiger partial charge is 0.399 e. The highest BCUT2D eigenvalue weighted by molar-refractivity contribution is 5.90. The van der Waals surface area contributed by atoms with E-state index in [1.54, 1.807) is 18.2 Å². The Balaban J connectivity index is 1.90. The van der Waals surface area contributed by atoms with Crippen molar-refractivity contribution in [3.63, 3.8) is 0 Å². The summed E-state index contributed by atoms with van der Waals surface area (Å²) in [6.07, 6.45) is 0.864. The lowest BCUT2D eigenvalue weighted by atomic mass is 10.1. The van der Waals surface area contributed by atoms with E-state index in [-0.39, 0.29) is 18.0 Å². The fourth-order valence-corrected chi connectivity index (χ4v) is 1.78. The van der Waals surface area contributed by atoms with Gasteiger partial charge in [-0.05, 0) is 36.2 Å². The first kappa shape index (κ1) is 13.1. The van der Waals surface area contributed by atoms with Crippen molar-refractivity contribution in [2.75, 3.05) is 11.1 Å². The van der Waals surface area contributed by atoms with Crippen LogP contribution in [0.3, 0.4) is 0 Å². The van der Waals surface area contributed by atoms with E-state index >= 15 is 0 Å². The maximum Gasteiger partial charge on any atom is 0.224 e. The van der Waals surface area contributed by atoms with Crippen LogP contribution in [0.25, 0.3) is 0 Å². The number of rotatable bonds is 4. The molecule has 3 nitrogen and oxygen atoms in total. The van der Waals surface area contributed by atoms with Crippen LogP contribution in [0.2, 0.25) is 0 Å². The molecule has 0 atom stereocenters. The molecule has 0 unspecified atom stereocenters. The van der Waals surface area contributed by atoms with Gasteiger partial charge in [-0.3, -0.25) is 4.79 Å². The van der Waals surface area contributed by atoms with Crippen molar-refractivity contribution < 1.29 is 9.18 Å². The Morgan fingerprint density at radius 1 is 1.16 bits per heavy atom. The van der Waals surface area contributed by atoms with E-state index in [1.165, 1.54) is 12.1 Å². The minimum atomic E-state index is -0.431. The van der Waals surface area contributed by atoms with Crippen molar-refractivity contribution in [3.05, 3.63) is 59.9 Å². The van der Waals surface area contributed by atoms with Gasteiger partial charge >= 0.3 is 0 Å². The monoisotopic (exact) mass is 258 g/mol. The molecule has 2 aromatic rings. The molecular weight excluding hydrogens is 243 g/mol. The molecule has 98 valence electrons. The number of nitrogens with two attached hydrogens (primary N) is 1. The highest BCUT2D eigenvalue weighted by atomic mass is 19.1. The number of halogens is 1. The molecule has 0 aliphatic rings. The Bertz CT molecular complexity index is 584. The first-order valence-electron chi connectivity index (χ1n) is 6.04. The lowest BCUT2D eigenvalue weighted by Gasteiger charge is -2.06. The Hall–Kier alpha value is -2.36. The van der Waals surface area contributed by atoms with Crippen molar-refractivity contribution >= 4 is 17.3 Å². The van der Waals surface area contributed by atoms with Crippen molar-refractivity contribution in [1.82, 2.24) is 0 Å². The number of hydrogen-bond donors (Lipinski definition) is 2. The summed E-state index contributed by atoms with van der Waals surface area (Å²) in [4.78, 5) is 11.7. The summed E-state index contributed by atoms with van der Waals surface area (Å²) in [5, 5.41) is 2.55. The molecule has 0 heterocycles. The number of para-hydroxylation sites is 1. The lowest BCUT2D eigenvalue weighted by molar-refractivity contribution is -0.116. The number of anilines is 2. The smallest absolute Gasteiger partial charge is 0.224 e. The van der Waals surface area contributed by atoms with Crippen LogP contribution in [-0.2, 0) is 11.2 Å². The van der Waals surface area contributed by atoms with E-state index in [1.807, 2.05) is 18.2 Å². The Kier molecular flexibility index (Phi) is 4.13. The number of hydrogen-bond acceptors (Lipinski definition) is 2. The van der Waals surface area contributed by atoms with E-state index in [2.05, 4.69) is 5.32 Å². The Labute approximate surface area is 111 Å². The maximum absolute atomic E-state index is 13.3. The lowest BCUT2D eigenvalue weighted by Crippen LogP contribution is -2.13. The molecule has 0 spiro atoms. The summed E-state index contributed by atoms with van der Waals surface area (Å²) < 4.78 is 13.3. The highest BCUT2D eigenvalue weighted by Gasteiger charge is 2.06. The summed E-state index contributed by atoms with van der Waals surface area (Å²) in [6, 6.07) is 13.5. The zero-order valence-electron chi connectivity index (χ0n) is 10.4. The predicted octanol–water partition coefficient (Wildman–Crippen LogP) is 2.98. The minimum Gasteiger partial charge on any atom is -0.399 e. The van der Waals surface area contributed by atoms with Crippen LogP contribution in [-0.4, -0.2) is 5.91 Å². The SMILES string of the molecule is Nc1cccc(CCC(=O)Nc2ccccc2F)c1. The molecule has 0 radical (unpaired) electrons. The van der Waals surface area contributed by atoms with Crippen molar-refractivity contribution in [3.8, 4) is 0 Å². The molecule has 4 heteroatoms. The highest BCUT2D eigenvalue weighted by Crippen LogP contribution is 2.14. The number of carbonyl (C=O) groups excluding carboxylic acids is 1. The topological polar surface area (TPSA) is 55.1 Å². The molecule has 19 heavy (non-hydrogen) atoms. The Morgan fingerprint density at radius 2 is 1.95 bits per heavy atom. The molecule has 1 amide bonds. The maximum atomic E-state index is 13.3. The van der Waals surface area contributed by atoms with Gasteiger partial charge in [-0.25, -0.2) is 4.39 Å². The summed E-state index contributed by atoms with van der Waals surface area (Å²) in [5.74, 6) is -0.646. The van der Waals surface area contributed by atoms with Gasteiger partial charge in [-0.2, -0.15) is 0 Å².